The zero-order valence-corrected chi connectivity index (χ0v) is 13.2. The highest BCUT2D eigenvalue weighted by Crippen LogP contribution is 2.21. The van der Waals surface area contributed by atoms with Crippen LogP contribution in [0.4, 0.5) is 0 Å². The SMILES string of the molecule is CCCNCc1ccc(S(=O)(=O)NN2CCOCC2)s1. The molecule has 2 N–H and O–H groups in total. The Morgan fingerprint density at radius 1 is 1.35 bits per heavy atom. The topological polar surface area (TPSA) is 70.7 Å². The summed E-state index contributed by atoms with van der Waals surface area (Å²) in [5.74, 6) is 0. The maximum absolute atomic E-state index is 12.2. The van der Waals surface area contributed by atoms with Crippen LogP contribution < -0.4 is 10.1 Å². The second-order valence-corrected chi connectivity index (χ2v) is 7.65. The number of rotatable bonds is 7. The molecule has 1 saturated heterocycles. The molecule has 6 nitrogen and oxygen atoms in total. The number of hydrazine groups is 1. The third kappa shape index (κ3) is 4.51. The van der Waals surface area contributed by atoms with E-state index >= 15 is 0 Å². The monoisotopic (exact) mass is 319 g/mol. The summed E-state index contributed by atoms with van der Waals surface area (Å²) in [7, 11) is -3.46. The maximum Gasteiger partial charge on any atom is 0.262 e. The van der Waals surface area contributed by atoms with Crippen molar-refractivity contribution in [2.45, 2.75) is 24.1 Å². The van der Waals surface area contributed by atoms with Crippen molar-refractivity contribution in [3.8, 4) is 0 Å². The normalized spacial score (nSPS) is 17.4. The number of morpholine rings is 1. The van der Waals surface area contributed by atoms with E-state index in [1.807, 2.05) is 6.07 Å². The van der Waals surface area contributed by atoms with E-state index in [0.717, 1.165) is 17.8 Å². The first-order valence-electron chi connectivity index (χ1n) is 6.76. The van der Waals surface area contributed by atoms with E-state index in [9.17, 15) is 8.42 Å². The molecule has 0 spiro atoms. The molecular formula is C12H21N3O3S2. The van der Waals surface area contributed by atoms with Crippen molar-refractivity contribution < 1.29 is 13.2 Å². The predicted octanol–water partition coefficient (Wildman–Crippen LogP) is 0.773. The highest BCUT2D eigenvalue weighted by Gasteiger charge is 2.21. The van der Waals surface area contributed by atoms with Crippen LogP contribution in [-0.4, -0.2) is 46.3 Å². The molecule has 8 heteroatoms. The number of hydrogen-bond donors (Lipinski definition) is 2. The van der Waals surface area contributed by atoms with Crippen molar-refractivity contribution in [1.82, 2.24) is 15.2 Å². The van der Waals surface area contributed by atoms with Crippen LogP contribution in [0.3, 0.4) is 0 Å². The summed E-state index contributed by atoms with van der Waals surface area (Å²) in [4.78, 5) is 3.64. The van der Waals surface area contributed by atoms with E-state index in [1.165, 1.54) is 11.3 Å². The lowest BCUT2D eigenvalue weighted by Crippen LogP contribution is -2.48. The summed E-state index contributed by atoms with van der Waals surface area (Å²) >= 11 is 1.31. The van der Waals surface area contributed by atoms with Crippen LogP contribution in [0.5, 0.6) is 0 Å². The van der Waals surface area contributed by atoms with Gasteiger partial charge in [0.15, 0.2) is 0 Å². The summed E-state index contributed by atoms with van der Waals surface area (Å²) < 4.78 is 30.0. The lowest BCUT2D eigenvalue weighted by Gasteiger charge is -2.26. The number of ether oxygens (including phenoxy) is 1. The van der Waals surface area contributed by atoms with Gasteiger partial charge in [-0.1, -0.05) is 6.92 Å². The number of hydrogen-bond acceptors (Lipinski definition) is 6. The Kier molecular flexibility index (Phi) is 5.94. The van der Waals surface area contributed by atoms with Crippen LogP contribution in [0.25, 0.3) is 0 Å². The molecule has 0 amide bonds. The average molecular weight is 319 g/mol. The van der Waals surface area contributed by atoms with Crippen molar-refractivity contribution in [1.29, 1.82) is 0 Å². The zero-order valence-electron chi connectivity index (χ0n) is 11.6. The van der Waals surface area contributed by atoms with Gasteiger partial charge in [-0.25, -0.2) is 13.4 Å². The van der Waals surface area contributed by atoms with Gasteiger partial charge in [-0.2, -0.15) is 0 Å². The molecule has 0 saturated carbocycles. The fraction of sp³-hybridized carbons (Fsp3) is 0.667. The molecule has 0 radical (unpaired) electrons. The molecule has 20 heavy (non-hydrogen) atoms. The molecule has 2 heterocycles. The van der Waals surface area contributed by atoms with Crippen molar-refractivity contribution in [3.05, 3.63) is 17.0 Å². The highest BCUT2D eigenvalue weighted by atomic mass is 32.2. The van der Waals surface area contributed by atoms with E-state index < -0.39 is 10.0 Å². The van der Waals surface area contributed by atoms with E-state index in [1.54, 1.807) is 11.1 Å². The summed E-state index contributed by atoms with van der Waals surface area (Å²) in [6, 6.07) is 3.53. The molecule has 1 fully saturated rings. The second kappa shape index (κ2) is 7.48. The minimum atomic E-state index is -3.46. The number of thiophene rings is 1. The maximum atomic E-state index is 12.2. The Morgan fingerprint density at radius 2 is 2.10 bits per heavy atom. The number of nitrogens with one attached hydrogen (secondary N) is 2. The first-order chi connectivity index (χ1) is 9.62. The van der Waals surface area contributed by atoms with Crippen LogP contribution >= 0.6 is 11.3 Å². The van der Waals surface area contributed by atoms with Crippen LogP contribution in [-0.2, 0) is 21.3 Å². The Hall–Kier alpha value is -0.510. The minimum absolute atomic E-state index is 0.359. The van der Waals surface area contributed by atoms with Gasteiger partial charge in [0, 0.05) is 24.5 Å². The first kappa shape index (κ1) is 15.9. The van der Waals surface area contributed by atoms with Crippen LogP contribution in [0.2, 0.25) is 0 Å². The second-order valence-electron chi connectivity index (χ2n) is 4.59. The molecule has 1 aromatic heterocycles. The highest BCUT2D eigenvalue weighted by molar-refractivity contribution is 7.91. The van der Waals surface area contributed by atoms with Crippen molar-refractivity contribution >= 4 is 21.4 Å². The summed E-state index contributed by atoms with van der Waals surface area (Å²) in [5, 5.41) is 4.95. The molecule has 0 atom stereocenters. The third-order valence-electron chi connectivity index (χ3n) is 2.89. The first-order valence-corrected chi connectivity index (χ1v) is 9.06. The van der Waals surface area contributed by atoms with E-state index in [0.29, 0.717) is 37.1 Å². The quantitative estimate of drug-likeness (QED) is 0.727. The van der Waals surface area contributed by atoms with Crippen molar-refractivity contribution in [2.24, 2.45) is 0 Å². The Morgan fingerprint density at radius 3 is 2.80 bits per heavy atom. The van der Waals surface area contributed by atoms with E-state index in [2.05, 4.69) is 17.1 Å². The Balaban J connectivity index is 1.94. The molecule has 1 aliphatic heterocycles. The van der Waals surface area contributed by atoms with Crippen molar-refractivity contribution in [3.63, 3.8) is 0 Å². The predicted molar refractivity (Wildman–Crippen MR) is 79.0 cm³/mol. The summed E-state index contributed by atoms with van der Waals surface area (Å²) in [5.41, 5.74) is 0. The standard InChI is InChI=1S/C12H21N3O3S2/c1-2-5-13-10-11-3-4-12(19-11)20(16,17)14-15-6-8-18-9-7-15/h3-4,13-14H,2,5-10H2,1H3. The van der Waals surface area contributed by atoms with Gasteiger partial charge >= 0.3 is 0 Å². The molecule has 1 aliphatic rings. The van der Waals surface area contributed by atoms with Gasteiger partial charge in [-0.15, -0.1) is 16.2 Å². The third-order valence-corrected chi connectivity index (χ3v) is 5.84. The molecule has 1 aromatic rings. The van der Waals surface area contributed by atoms with Gasteiger partial charge in [0.1, 0.15) is 4.21 Å². The van der Waals surface area contributed by atoms with Crippen LogP contribution in [0.1, 0.15) is 18.2 Å². The van der Waals surface area contributed by atoms with Gasteiger partial charge in [0.05, 0.1) is 13.2 Å². The van der Waals surface area contributed by atoms with E-state index in [4.69, 9.17) is 4.74 Å². The lowest BCUT2D eigenvalue weighted by atomic mass is 10.4. The van der Waals surface area contributed by atoms with Gasteiger partial charge in [0.2, 0.25) is 0 Å². The molecule has 0 aliphatic carbocycles. The van der Waals surface area contributed by atoms with Gasteiger partial charge in [-0.3, -0.25) is 0 Å². The summed E-state index contributed by atoms with van der Waals surface area (Å²) in [6.07, 6.45) is 1.06. The molecule has 114 valence electrons. The largest absolute Gasteiger partial charge is 0.379 e. The van der Waals surface area contributed by atoms with Gasteiger partial charge < -0.3 is 10.1 Å². The summed E-state index contributed by atoms with van der Waals surface area (Å²) in [6.45, 7) is 6.02. The molecular weight excluding hydrogens is 298 g/mol. The fourth-order valence-corrected chi connectivity index (χ4v) is 4.29. The fourth-order valence-electron chi connectivity index (χ4n) is 1.86. The average Bonchev–Trinajstić information content (AvgIpc) is 2.89. The van der Waals surface area contributed by atoms with Crippen molar-refractivity contribution in [2.75, 3.05) is 32.8 Å². The smallest absolute Gasteiger partial charge is 0.262 e. The zero-order chi connectivity index (χ0) is 14.4. The van der Waals surface area contributed by atoms with Crippen LogP contribution in [0.15, 0.2) is 16.3 Å². The number of nitrogens with zero attached hydrogens (tertiary/aromatic N) is 1. The Labute approximate surface area is 124 Å². The molecule has 0 bridgehead atoms. The molecule has 2 rings (SSSR count). The van der Waals surface area contributed by atoms with Gasteiger partial charge in [-0.05, 0) is 25.1 Å². The van der Waals surface area contributed by atoms with Crippen LogP contribution in [0, 0.1) is 0 Å². The Bertz CT molecular complexity index is 510. The molecule has 0 unspecified atom stereocenters. The number of sulfonamides is 1. The van der Waals surface area contributed by atoms with E-state index in [-0.39, 0.29) is 0 Å². The van der Waals surface area contributed by atoms with Gasteiger partial charge in [0.25, 0.3) is 10.0 Å². The minimum Gasteiger partial charge on any atom is -0.379 e. The molecule has 0 aromatic carbocycles. The lowest BCUT2D eigenvalue weighted by molar-refractivity contribution is 0.0272.